The molecule has 9 nitrogen and oxygen atoms in total. The number of benzene rings is 1. The molecule has 2 aliphatic heterocycles. The molecule has 0 bridgehead atoms. The molecular formula is C27H28N6O3. The molecule has 36 heavy (non-hydrogen) atoms. The molecule has 2 saturated heterocycles. The van der Waals surface area contributed by atoms with Gasteiger partial charge in [-0.25, -0.2) is 15.0 Å². The molecule has 0 radical (unpaired) electrons. The summed E-state index contributed by atoms with van der Waals surface area (Å²) in [5.41, 5.74) is 6.38. The Morgan fingerprint density at radius 3 is 2.81 bits per heavy atom. The topological polar surface area (TPSA) is 92.5 Å². The average molecular weight is 485 g/mol. The van der Waals surface area contributed by atoms with Crippen molar-refractivity contribution in [1.29, 1.82) is 0 Å². The first kappa shape index (κ1) is 21.7. The molecule has 0 aliphatic carbocycles. The smallest absolute Gasteiger partial charge is 0.229 e. The van der Waals surface area contributed by atoms with Crippen LogP contribution in [0.1, 0.15) is 11.3 Å². The summed E-state index contributed by atoms with van der Waals surface area (Å²) in [4.78, 5) is 22.8. The van der Waals surface area contributed by atoms with E-state index in [1.165, 1.54) is 0 Å². The van der Waals surface area contributed by atoms with Crippen LogP contribution < -0.4 is 4.90 Å². The van der Waals surface area contributed by atoms with Gasteiger partial charge < -0.3 is 23.8 Å². The third-order valence-electron chi connectivity index (χ3n) is 7.22. The zero-order chi connectivity index (χ0) is 24.2. The highest BCUT2D eigenvalue weighted by Gasteiger charge is 2.27. The van der Waals surface area contributed by atoms with E-state index < -0.39 is 0 Å². The van der Waals surface area contributed by atoms with Gasteiger partial charge in [-0.05, 0) is 30.7 Å². The standard InChI is InChI=1S/C27H28N6O3/c1-16-10-20-19(4-3-5-22(20)29-16)25-30-23-21-11-17(13-32-14-18(15-32)34-2)12-28-27(21)36-24(23)26(31-25)33-6-8-35-9-7-33/h3-5,10-12,18,29H,6-9,13-15H2,1-2H3. The highest BCUT2D eigenvalue weighted by Crippen LogP contribution is 2.36. The van der Waals surface area contributed by atoms with Crippen molar-refractivity contribution in [3.8, 4) is 11.4 Å². The lowest BCUT2D eigenvalue weighted by molar-refractivity contribution is -0.0334. The number of aromatic amines is 1. The second-order valence-corrected chi connectivity index (χ2v) is 9.72. The summed E-state index contributed by atoms with van der Waals surface area (Å²) < 4.78 is 17.3. The minimum atomic E-state index is 0.322. The number of H-pyrrole nitrogens is 1. The molecule has 6 heterocycles. The largest absolute Gasteiger partial charge is 0.432 e. The number of anilines is 1. The Labute approximate surface area is 208 Å². The van der Waals surface area contributed by atoms with Crippen LogP contribution in [0.5, 0.6) is 0 Å². The molecule has 0 amide bonds. The van der Waals surface area contributed by atoms with Crippen LogP contribution in [0.3, 0.4) is 0 Å². The number of nitrogens with zero attached hydrogens (tertiary/aromatic N) is 5. The summed E-state index contributed by atoms with van der Waals surface area (Å²) in [5.74, 6) is 1.49. The van der Waals surface area contributed by atoms with Gasteiger partial charge in [0.2, 0.25) is 5.71 Å². The van der Waals surface area contributed by atoms with Crippen molar-refractivity contribution in [3.05, 3.63) is 47.8 Å². The van der Waals surface area contributed by atoms with Crippen molar-refractivity contribution in [2.45, 2.75) is 19.6 Å². The molecule has 2 fully saturated rings. The monoisotopic (exact) mass is 484 g/mol. The molecule has 5 aromatic rings. The number of aryl methyl sites for hydroxylation is 1. The van der Waals surface area contributed by atoms with Crippen LogP contribution in [0.25, 0.3) is 44.5 Å². The van der Waals surface area contributed by atoms with Gasteiger partial charge in [-0.1, -0.05) is 12.1 Å². The summed E-state index contributed by atoms with van der Waals surface area (Å²) in [5, 5.41) is 2.03. The molecule has 0 saturated carbocycles. The minimum Gasteiger partial charge on any atom is -0.432 e. The molecule has 4 aromatic heterocycles. The molecule has 0 unspecified atom stereocenters. The Hall–Kier alpha value is -3.53. The van der Waals surface area contributed by atoms with Crippen LogP contribution in [-0.4, -0.2) is 77.4 Å². The molecule has 2 aliphatic rings. The average Bonchev–Trinajstić information content (AvgIpc) is 3.45. The Morgan fingerprint density at radius 1 is 1.11 bits per heavy atom. The molecule has 1 N–H and O–H groups in total. The molecule has 9 heteroatoms. The molecule has 0 spiro atoms. The van der Waals surface area contributed by atoms with Crippen molar-refractivity contribution in [2.75, 3.05) is 51.4 Å². The number of morpholine rings is 1. The van der Waals surface area contributed by atoms with Gasteiger partial charge in [0.05, 0.1) is 24.7 Å². The predicted molar refractivity (Wildman–Crippen MR) is 138 cm³/mol. The van der Waals surface area contributed by atoms with Gasteiger partial charge in [-0.15, -0.1) is 0 Å². The SMILES string of the molecule is COC1CN(Cc2cnc3oc4c(N5CCOCC5)nc(-c5cccc6[nH]c(C)cc56)nc4c3c2)C1. The quantitative estimate of drug-likeness (QED) is 0.402. The van der Waals surface area contributed by atoms with Crippen LogP contribution in [0.4, 0.5) is 5.82 Å². The van der Waals surface area contributed by atoms with E-state index in [2.05, 4.69) is 51.0 Å². The van der Waals surface area contributed by atoms with Gasteiger partial charge in [0.1, 0.15) is 5.52 Å². The number of aromatic nitrogens is 4. The first-order chi connectivity index (χ1) is 17.7. The van der Waals surface area contributed by atoms with Crippen LogP contribution >= 0.6 is 0 Å². The number of pyridine rings is 1. The zero-order valence-electron chi connectivity index (χ0n) is 20.5. The zero-order valence-corrected chi connectivity index (χ0v) is 20.5. The number of rotatable bonds is 5. The fraction of sp³-hybridized carbons (Fsp3) is 0.370. The third-order valence-corrected chi connectivity index (χ3v) is 7.22. The highest BCUT2D eigenvalue weighted by molar-refractivity contribution is 6.06. The Morgan fingerprint density at radius 2 is 1.97 bits per heavy atom. The van der Waals surface area contributed by atoms with Crippen LogP contribution in [-0.2, 0) is 16.0 Å². The number of hydrogen-bond acceptors (Lipinski definition) is 8. The fourth-order valence-corrected chi connectivity index (χ4v) is 5.30. The van der Waals surface area contributed by atoms with Gasteiger partial charge in [-0.3, -0.25) is 4.90 Å². The number of ether oxygens (including phenoxy) is 2. The summed E-state index contributed by atoms with van der Waals surface area (Å²) in [7, 11) is 1.77. The fourth-order valence-electron chi connectivity index (χ4n) is 5.30. The van der Waals surface area contributed by atoms with E-state index in [4.69, 9.17) is 23.9 Å². The van der Waals surface area contributed by atoms with Crippen molar-refractivity contribution < 1.29 is 13.9 Å². The normalized spacial score (nSPS) is 17.4. The van der Waals surface area contributed by atoms with E-state index in [0.717, 1.165) is 77.2 Å². The number of likely N-dealkylation sites (tertiary alicyclic amines) is 1. The van der Waals surface area contributed by atoms with Crippen molar-refractivity contribution in [3.63, 3.8) is 0 Å². The maximum absolute atomic E-state index is 6.30. The van der Waals surface area contributed by atoms with E-state index in [0.29, 0.717) is 36.4 Å². The Kier molecular flexibility index (Phi) is 5.16. The second-order valence-electron chi connectivity index (χ2n) is 9.72. The van der Waals surface area contributed by atoms with Crippen molar-refractivity contribution in [2.24, 2.45) is 0 Å². The predicted octanol–water partition coefficient (Wildman–Crippen LogP) is 3.89. The minimum absolute atomic E-state index is 0.322. The maximum Gasteiger partial charge on any atom is 0.229 e. The first-order valence-electron chi connectivity index (χ1n) is 12.4. The number of nitrogens with one attached hydrogen (secondary N) is 1. The molecule has 0 atom stereocenters. The van der Waals surface area contributed by atoms with E-state index >= 15 is 0 Å². The van der Waals surface area contributed by atoms with Gasteiger partial charge in [0.15, 0.2) is 17.2 Å². The van der Waals surface area contributed by atoms with Crippen LogP contribution in [0.15, 0.2) is 40.9 Å². The summed E-state index contributed by atoms with van der Waals surface area (Å²) in [6, 6.07) is 10.5. The lowest BCUT2D eigenvalue weighted by Crippen LogP contribution is -2.50. The van der Waals surface area contributed by atoms with Crippen LogP contribution in [0, 0.1) is 6.92 Å². The Bertz CT molecular complexity index is 1580. The second kappa shape index (κ2) is 8.55. The van der Waals surface area contributed by atoms with E-state index in [1.54, 1.807) is 7.11 Å². The summed E-state index contributed by atoms with van der Waals surface area (Å²) in [6.45, 7) is 7.60. The number of methoxy groups -OCH3 is 1. The maximum atomic E-state index is 6.30. The van der Waals surface area contributed by atoms with Crippen LogP contribution in [0.2, 0.25) is 0 Å². The molecular weight excluding hydrogens is 456 g/mol. The number of hydrogen-bond donors (Lipinski definition) is 1. The van der Waals surface area contributed by atoms with Gasteiger partial charge >= 0.3 is 0 Å². The molecule has 7 rings (SSSR count). The van der Waals surface area contributed by atoms with E-state index in [9.17, 15) is 0 Å². The van der Waals surface area contributed by atoms with E-state index in [1.807, 2.05) is 12.3 Å². The van der Waals surface area contributed by atoms with Gasteiger partial charge in [0, 0.05) is 68.2 Å². The van der Waals surface area contributed by atoms with Gasteiger partial charge in [-0.2, -0.15) is 0 Å². The number of furan rings is 1. The third kappa shape index (κ3) is 3.62. The molecule has 184 valence electrons. The molecule has 1 aromatic carbocycles. The van der Waals surface area contributed by atoms with E-state index in [-0.39, 0.29) is 0 Å². The number of fused-ring (bicyclic) bond motifs is 4. The van der Waals surface area contributed by atoms with Crippen molar-refractivity contribution >= 4 is 38.9 Å². The highest BCUT2D eigenvalue weighted by atomic mass is 16.5. The Balaban J connectivity index is 1.39. The summed E-state index contributed by atoms with van der Waals surface area (Å²) >= 11 is 0. The first-order valence-corrected chi connectivity index (χ1v) is 12.4. The van der Waals surface area contributed by atoms with Crippen molar-refractivity contribution in [1.82, 2.24) is 24.8 Å². The van der Waals surface area contributed by atoms with Gasteiger partial charge in [0.25, 0.3) is 0 Å². The summed E-state index contributed by atoms with van der Waals surface area (Å²) in [6.07, 6.45) is 2.22. The lowest BCUT2D eigenvalue weighted by Gasteiger charge is -2.38. The lowest BCUT2D eigenvalue weighted by atomic mass is 10.1.